The van der Waals surface area contributed by atoms with E-state index in [2.05, 4.69) is 0 Å². The average Bonchev–Trinajstić information content (AvgIpc) is 2.36. The molecular weight excluding hydrogens is 258 g/mol. The molecule has 0 aromatic heterocycles. The van der Waals surface area contributed by atoms with E-state index in [1.807, 2.05) is 0 Å². The zero-order valence-electron chi connectivity index (χ0n) is 9.39. The molecule has 0 aliphatic heterocycles. The lowest BCUT2D eigenvalue weighted by molar-refractivity contribution is 0.103. The van der Waals surface area contributed by atoms with Gasteiger partial charge in [0.2, 0.25) is 0 Å². The summed E-state index contributed by atoms with van der Waals surface area (Å²) in [6, 6.07) is 4.19. The Hall–Kier alpha value is -2.63. The van der Waals surface area contributed by atoms with E-state index in [0.29, 0.717) is 12.1 Å². The third-order valence-corrected chi connectivity index (χ3v) is 2.52. The Kier molecular flexibility index (Phi) is 3.08. The molecule has 0 heterocycles. The third-order valence-electron chi connectivity index (χ3n) is 2.52. The molecule has 2 aromatic rings. The summed E-state index contributed by atoms with van der Waals surface area (Å²) in [6.07, 6.45) is 0. The number of phenols is 3. The van der Waals surface area contributed by atoms with Crippen molar-refractivity contribution in [3.05, 3.63) is 53.1 Å². The number of rotatable bonds is 2. The second-order valence-corrected chi connectivity index (χ2v) is 3.82. The fourth-order valence-corrected chi connectivity index (χ4v) is 1.54. The highest BCUT2D eigenvalue weighted by atomic mass is 19.1. The summed E-state index contributed by atoms with van der Waals surface area (Å²) < 4.78 is 26.3. The molecule has 0 fully saturated rings. The molecule has 0 radical (unpaired) electrons. The van der Waals surface area contributed by atoms with E-state index in [1.165, 1.54) is 0 Å². The van der Waals surface area contributed by atoms with Crippen molar-refractivity contribution in [3.8, 4) is 17.2 Å². The van der Waals surface area contributed by atoms with Gasteiger partial charge in [0.25, 0.3) is 0 Å². The smallest absolute Gasteiger partial charge is 0.196 e. The van der Waals surface area contributed by atoms with E-state index in [0.717, 1.165) is 18.2 Å². The molecule has 2 aromatic carbocycles. The molecule has 0 unspecified atom stereocenters. The van der Waals surface area contributed by atoms with E-state index in [1.54, 1.807) is 0 Å². The minimum atomic E-state index is -1.08. The normalized spacial score (nSPS) is 10.4. The largest absolute Gasteiger partial charge is 0.507 e. The van der Waals surface area contributed by atoms with Gasteiger partial charge in [0.15, 0.2) is 28.9 Å². The van der Waals surface area contributed by atoms with Crippen LogP contribution in [0.3, 0.4) is 0 Å². The lowest BCUT2D eigenvalue weighted by Gasteiger charge is -2.06. The second-order valence-electron chi connectivity index (χ2n) is 3.82. The lowest BCUT2D eigenvalue weighted by atomic mass is 10.0. The molecule has 6 heteroatoms. The molecule has 0 spiro atoms. The van der Waals surface area contributed by atoms with Crippen LogP contribution < -0.4 is 0 Å². The molecule has 0 atom stereocenters. The van der Waals surface area contributed by atoms with E-state index < -0.39 is 40.2 Å². The highest BCUT2D eigenvalue weighted by Gasteiger charge is 2.18. The Morgan fingerprint density at radius 1 is 0.842 bits per heavy atom. The van der Waals surface area contributed by atoms with Crippen molar-refractivity contribution in [2.45, 2.75) is 0 Å². The van der Waals surface area contributed by atoms with E-state index >= 15 is 0 Å². The van der Waals surface area contributed by atoms with Crippen molar-refractivity contribution in [1.82, 2.24) is 0 Å². The van der Waals surface area contributed by atoms with Gasteiger partial charge in [-0.25, -0.2) is 8.78 Å². The highest BCUT2D eigenvalue weighted by molar-refractivity contribution is 6.10. The van der Waals surface area contributed by atoms with Crippen molar-refractivity contribution in [3.63, 3.8) is 0 Å². The summed E-state index contributed by atoms with van der Waals surface area (Å²) in [5.74, 6) is -4.98. The predicted molar refractivity (Wildman–Crippen MR) is 61.2 cm³/mol. The third kappa shape index (κ3) is 2.33. The Labute approximate surface area is 106 Å². The van der Waals surface area contributed by atoms with Crippen molar-refractivity contribution < 1.29 is 28.9 Å². The number of halogens is 2. The number of hydrogen-bond donors (Lipinski definition) is 3. The van der Waals surface area contributed by atoms with Gasteiger partial charge in [-0.2, -0.15) is 0 Å². The molecule has 0 saturated heterocycles. The molecule has 98 valence electrons. The van der Waals surface area contributed by atoms with E-state index in [-0.39, 0.29) is 5.56 Å². The fourth-order valence-electron chi connectivity index (χ4n) is 1.54. The SMILES string of the molecule is O=C(c1ccc(O)c(F)c1)c1cc(F)c(O)cc1O. The monoisotopic (exact) mass is 266 g/mol. The van der Waals surface area contributed by atoms with Crippen molar-refractivity contribution >= 4 is 5.78 Å². The first-order chi connectivity index (χ1) is 8.90. The summed E-state index contributed by atoms with van der Waals surface area (Å²) in [5.41, 5.74) is -0.587. The van der Waals surface area contributed by atoms with Crippen molar-refractivity contribution in [1.29, 1.82) is 0 Å². The first kappa shape index (κ1) is 12.8. The molecule has 0 amide bonds. The van der Waals surface area contributed by atoms with E-state index in [4.69, 9.17) is 10.2 Å². The first-order valence-corrected chi connectivity index (χ1v) is 5.15. The van der Waals surface area contributed by atoms with Gasteiger partial charge in [0, 0.05) is 11.6 Å². The van der Waals surface area contributed by atoms with Crippen LogP contribution in [0.4, 0.5) is 8.78 Å². The van der Waals surface area contributed by atoms with Crippen LogP contribution >= 0.6 is 0 Å². The quantitative estimate of drug-likeness (QED) is 0.729. The Bertz CT molecular complexity index is 668. The number of aromatic hydroxyl groups is 3. The number of benzene rings is 2. The summed E-state index contributed by atoms with van der Waals surface area (Å²) in [6.45, 7) is 0. The maximum atomic E-state index is 13.2. The first-order valence-electron chi connectivity index (χ1n) is 5.15. The maximum Gasteiger partial charge on any atom is 0.196 e. The van der Waals surface area contributed by atoms with Crippen molar-refractivity contribution in [2.75, 3.05) is 0 Å². The fraction of sp³-hybridized carbons (Fsp3) is 0. The van der Waals surface area contributed by atoms with Crippen LogP contribution in [0.2, 0.25) is 0 Å². The predicted octanol–water partition coefficient (Wildman–Crippen LogP) is 2.31. The van der Waals surface area contributed by atoms with Crippen LogP contribution in [0.5, 0.6) is 17.2 Å². The minimum Gasteiger partial charge on any atom is -0.507 e. The van der Waals surface area contributed by atoms with Gasteiger partial charge in [-0.05, 0) is 24.3 Å². The zero-order chi connectivity index (χ0) is 14.2. The average molecular weight is 266 g/mol. The molecular formula is C13H8F2O4. The number of phenolic OH excluding ortho intramolecular Hbond substituents is 3. The van der Waals surface area contributed by atoms with Crippen LogP contribution in [0.1, 0.15) is 15.9 Å². The van der Waals surface area contributed by atoms with Crippen LogP contribution in [0.25, 0.3) is 0 Å². The zero-order valence-corrected chi connectivity index (χ0v) is 9.39. The van der Waals surface area contributed by atoms with Crippen LogP contribution in [0.15, 0.2) is 30.3 Å². The van der Waals surface area contributed by atoms with Gasteiger partial charge in [-0.15, -0.1) is 0 Å². The standard InChI is InChI=1S/C13H8F2O4/c14-8-3-6(1-2-10(8)16)13(19)7-4-9(15)12(18)5-11(7)17/h1-5,16-18H. The topological polar surface area (TPSA) is 77.8 Å². The minimum absolute atomic E-state index is 0.171. The number of carbonyl (C=O) groups excluding carboxylic acids is 1. The Morgan fingerprint density at radius 2 is 1.47 bits per heavy atom. The molecule has 0 aliphatic carbocycles. The van der Waals surface area contributed by atoms with Gasteiger partial charge in [0.1, 0.15) is 5.75 Å². The van der Waals surface area contributed by atoms with Gasteiger partial charge in [-0.1, -0.05) is 0 Å². The maximum absolute atomic E-state index is 13.2. The molecule has 2 rings (SSSR count). The highest BCUT2D eigenvalue weighted by Crippen LogP contribution is 2.28. The Balaban J connectivity index is 2.49. The molecule has 0 bridgehead atoms. The summed E-state index contributed by atoms with van der Waals surface area (Å²) >= 11 is 0. The number of carbonyl (C=O) groups is 1. The summed E-state index contributed by atoms with van der Waals surface area (Å²) in [4.78, 5) is 11.9. The van der Waals surface area contributed by atoms with Gasteiger partial charge >= 0.3 is 0 Å². The van der Waals surface area contributed by atoms with Crippen molar-refractivity contribution in [2.24, 2.45) is 0 Å². The van der Waals surface area contributed by atoms with E-state index in [9.17, 15) is 18.7 Å². The van der Waals surface area contributed by atoms with Crippen LogP contribution in [-0.2, 0) is 0 Å². The van der Waals surface area contributed by atoms with Crippen LogP contribution in [0, 0.1) is 11.6 Å². The molecule has 0 saturated carbocycles. The second kappa shape index (κ2) is 4.56. The van der Waals surface area contributed by atoms with Gasteiger partial charge in [0.05, 0.1) is 5.56 Å². The molecule has 19 heavy (non-hydrogen) atoms. The number of hydrogen-bond acceptors (Lipinski definition) is 4. The van der Waals surface area contributed by atoms with Crippen LogP contribution in [-0.4, -0.2) is 21.1 Å². The molecule has 4 nitrogen and oxygen atoms in total. The Morgan fingerprint density at radius 3 is 2.11 bits per heavy atom. The van der Waals surface area contributed by atoms with Gasteiger partial charge < -0.3 is 15.3 Å². The summed E-state index contributed by atoms with van der Waals surface area (Å²) in [5, 5.41) is 27.5. The summed E-state index contributed by atoms with van der Waals surface area (Å²) in [7, 11) is 0. The lowest BCUT2D eigenvalue weighted by Crippen LogP contribution is -2.03. The number of ketones is 1. The van der Waals surface area contributed by atoms with Gasteiger partial charge in [-0.3, -0.25) is 4.79 Å². The molecule has 3 N–H and O–H groups in total. The molecule has 0 aliphatic rings.